The summed E-state index contributed by atoms with van der Waals surface area (Å²) in [6.07, 6.45) is 0. The molecule has 0 saturated heterocycles. The van der Waals surface area contributed by atoms with E-state index in [1.165, 1.54) is 5.56 Å². The summed E-state index contributed by atoms with van der Waals surface area (Å²) in [4.78, 5) is 0.866. The fraction of sp³-hybridized carbons (Fsp3) is 0.538. The molecule has 2 atom stereocenters. The van der Waals surface area contributed by atoms with Crippen molar-refractivity contribution in [3.05, 3.63) is 29.8 Å². The van der Waals surface area contributed by atoms with E-state index in [0.29, 0.717) is 5.75 Å². The van der Waals surface area contributed by atoms with Gasteiger partial charge >= 0.3 is 0 Å². The van der Waals surface area contributed by atoms with Gasteiger partial charge in [0.25, 0.3) is 0 Å². The van der Waals surface area contributed by atoms with Crippen LogP contribution in [-0.2, 0) is 10.8 Å². The maximum atomic E-state index is 12.0. The van der Waals surface area contributed by atoms with Gasteiger partial charge < -0.3 is 5.73 Å². The Morgan fingerprint density at radius 3 is 2.19 bits per heavy atom. The first-order valence-electron chi connectivity index (χ1n) is 5.51. The SMILES string of the molecule is Cc1ccc([S@](=O)C[C@@H](N)C(C)(C)C)cc1. The van der Waals surface area contributed by atoms with Crippen LogP contribution in [0.25, 0.3) is 0 Å². The molecule has 16 heavy (non-hydrogen) atoms. The van der Waals surface area contributed by atoms with Crippen LogP contribution in [0.15, 0.2) is 29.2 Å². The molecule has 3 heteroatoms. The second-order valence-electron chi connectivity index (χ2n) is 5.30. The highest BCUT2D eigenvalue weighted by Crippen LogP contribution is 2.19. The number of hydrogen-bond acceptors (Lipinski definition) is 2. The summed E-state index contributed by atoms with van der Waals surface area (Å²) in [5.74, 6) is 0.520. The van der Waals surface area contributed by atoms with E-state index in [4.69, 9.17) is 5.73 Å². The van der Waals surface area contributed by atoms with Crippen molar-refractivity contribution >= 4 is 10.8 Å². The Balaban J connectivity index is 2.70. The number of aryl methyl sites for hydroxylation is 1. The number of benzene rings is 1. The summed E-state index contributed by atoms with van der Waals surface area (Å²) in [7, 11) is -0.993. The van der Waals surface area contributed by atoms with Gasteiger partial charge in [0.15, 0.2) is 0 Å². The van der Waals surface area contributed by atoms with E-state index < -0.39 is 10.8 Å². The molecule has 0 unspecified atom stereocenters. The number of nitrogens with two attached hydrogens (primary N) is 1. The van der Waals surface area contributed by atoms with Crippen LogP contribution >= 0.6 is 0 Å². The standard InChI is InChI=1S/C13H21NOS/c1-10-5-7-11(8-6-10)16(15)9-12(14)13(2,3)4/h5-8,12H,9,14H2,1-4H3/t12-,16-/m1/s1. The van der Waals surface area contributed by atoms with Crippen molar-refractivity contribution < 1.29 is 4.21 Å². The lowest BCUT2D eigenvalue weighted by atomic mass is 9.89. The second kappa shape index (κ2) is 5.11. The zero-order valence-corrected chi connectivity index (χ0v) is 11.3. The molecular formula is C13H21NOS. The van der Waals surface area contributed by atoms with Crippen LogP contribution < -0.4 is 5.73 Å². The monoisotopic (exact) mass is 239 g/mol. The fourth-order valence-corrected chi connectivity index (χ4v) is 2.66. The molecule has 1 rings (SSSR count). The summed E-state index contributed by atoms with van der Waals surface area (Å²) < 4.78 is 12.0. The second-order valence-corrected chi connectivity index (χ2v) is 6.79. The van der Waals surface area contributed by atoms with Crippen LogP contribution in [0.5, 0.6) is 0 Å². The van der Waals surface area contributed by atoms with Crippen LogP contribution in [0.3, 0.4) is 0 Å². The third-order valence-electron chi connectivity index (χ3n) is 2.73. The summed E-state index contributed by atoms with van der Waals surface area (Å²) in [6, 6.07) is 7.75. The average Bonchev–Trinajstić information content (AvgIpc) is 2.17. The molecule has 0 aliphatic carbocycles. The summed E-state index contributed by atoms with van der Waals surface area (Å²) in [6.45, 7) is 8.24. The maximum Gasteiger partial charge on any atom is 0.0545 e. The Labute approximate surface area is 101 Å². The molecule has 0 bridgehead atoms. The largest absolute Gasteiger partial charge is 0.326 e. The van der Waals surface area contributed by atoms with Gasteiger partial charge in [-0.1, -0.05) is 38.5 Å². The normalized spacial score (nSPS) is 15.8. The first kappa shape index (κ1) is 13.4. The van der Waals surface area contributed by atoms with Crippen molar-refractivity contribution in [2.75, 3.05) is 5.75 Å². The van der Waals surface area contributed by atoms with Crippen molar-refractivity contribution in [1.82, 2.24) is 0 Å². The minimum absolute atomic E-state index is 0.000354. The molecule has 0 radical (unpaired) electrons. The summed E-state index contributed by atoms with van der Waals surface area (Å²) in [5.41, 5.74) is 7.21. The van der Waals surface area contributed by atoms with Gasteiger partial charge in [-0.15, -0.1) is 0 Å². The lowest BCUT2D eigenvalue weighted by molar-refractivity contribution is 0.342. The van der Waals surface area contributed by atoms with E-state index in [1.54, 1.807) is 0 Å². The van der Waals surface area contributed by atoms with Gasteiger partial charge in [0.1, 0.15) is 0 Å². The molecule has 0 fully saturated rings. The third kappa shape index (κ3) is 3.72. The highest BCUT2D eigenvalue weighted by molar-refractivity contribution is 7.85. The Morgan fingerprint density at radius 1 is 1.25 bits per heavy atom. The molecule has 0 spiro atoms. The van der Waals surface area contributed by atoms with Gasteiger partial charge in [0.2, 0.25) is 0 Å². The number of rotatable bonds is 3. The van der Waals surface area contributed by atoms with E-state index in [9.17, 15) is 4.21 Å². The first-order chi connectivity index (χ1) is 7.30. The predicted molar refractivity (Wildman–Crippen MR) is 69.9 cm³/mol. The van der Waals surface area contributed by atoms with Crippen molar-refractivity contribution in [2.45, 2.75) is 38.6 Å². The van der Waals surface area contributed by atoms with E-state index in [-0.39, 0.29) is 11.5 Å². The van der Waals surface area contributed by atoms with Crippen LogP contribution in [-0.4, -0.2) is 16.0 Å². The summed E-state index contributed by atoms with van der Waals surface area (Å²) in [5, 5.41) is 0. The highest BCUT2D eigenvalue weighted by Gasteiger charge is 2.22. The van der Waals surface area contributed by atoms with Crippen molar-refractivity contribution in [1.29, 1.82) is 0 Å². The molecule has 2 N–H and O–H groups in total. The molecule has 2 nitrogen and oxygen atoms in total. The molecule has 1 aromatic carbocycles. The van der Waals surface area contributed by atoms with E-state index >= 15 is 0 Å². The van der Waals surface area contributed by atoms with Crippen LogP contribution in [0.4, 0.5) is 0 Å². The first-order valence-corrected chi connectivity index (χ1v) is 6.83. The van der Waals surface area contributed by atoms with Gasteiger partial charge in [-0.25, -0.2) is 0 Å². The quantitative estimate of drug-likeness (QED) is 0.880. The predicted octanol–water partition coefficient (Wildman–Crippen LogP) is 2.48. The van der Waals surface area contributed by atoms with Gasteiger partial charge in [0, 0.05) is 16.7 Å². The van der Waals surface area contributed by atoms with Gasteiger partial charge in [-0.3, -0.25) is 4.21 Å². The van der Waals surface area contributed by atoms with Crippen LogP contribution in [0, 0.1) is 12.3 Å². The fourth-order valence-electron chi connectivity index (χ4n) is 1.20. The van der Waals surface area contributed by atoms with Crippen LogP contribution in [0.1, 0.15) is 26.3 Å². The third-order valence-corrected chi connectivity index (χ3v) is 4.19. The minimum atomic E-state index is -0.993. The molecular weight excluding hydrogens is 218 g/mol. The average molecular weight is 239 g/mol. The highest BCUT2D eigenvalue weighted by atomic mass is 32.2. The van der Waals surface area contributed by atoms with E-state index in [1.807, 2.05) is 31.2 Å². The molecule has 0 aliphatic heterocycles. The topological polar surface area (TPSA) is 43.1 Å². The van der Waals surface area contributed by atoms with E-state index in [2.05, 4.69) is 20.8 Å². The van der Waals surface area contributed by atoms with Gasteiger partial charge in [-0.05, 0) is 24.5 Å². The Bertz CT molecular complexity index is 365. The molecule has 0 saturated carbocycles. The van der Waals surface area contributed by atoms with E-state index in [0.717, 1.165) is 4.90 Å². The molecule has 0 aromatic heterocycles. The Kier molecular flexibility index (Phi) is 4.28. The molecule has 90 valence electrons. The smallest absolute Gasteiger partial charge is 0.0545 e. The van der Waals surface area contributed by atoms with Crippen molar-refractivity contribution in [3.8, 4) is 0 Å². The maximum absolute atomic E-state index is 12.0. The van der Waals surface area contributed by atoms with Crippen LogP contribution in [0.2, 0.25) is 0 Å². The minimum Gasteiger partial charge on any atom is -0.326 e. The Morgan fingerprint density at radius 2 is 1.75 bits per heavy atom. The lowest BCUT2D eigenvalue weighted by Gasteiger charge is -2.26. The summed E-state index contributed by atoms with van der Waals surface area (Å²) >= 11 is 0. The number of hydrogen-bond donors (Lipinski definition) is 1. The molecule has 0 heterocycles. The van der Waals surface area contributed by atoms with Crippen molar-refractivity contribution in [2.24, 2.45) is 11.1 Å². The molecule has 0 amide bonds. The Hall–Kier alpha value is -0.670. The zero-order valence-electron chi connectivity index (χ0n) is 10.5. The zero-order chi connectivity index (χ0) is 12.3. The molecule has 0 aliphatic rings. The molecule has 1 aromatic rings. The van der Waals surface area contributed by atoms with Gasteiger partial charge in [-0.2, -0.15) is 0 Å². The van der Waals surface area contributed by atoms with Gasteiger partial charge in [0.05, 0.1) is 10.8 Å². The van der Waals surface area contributed by atoms with Crippen molar-refractivity contribution in [3.63, 3.8) is 0 Å². The lowest BCUT2D eigenvalue weighted by Crippen LogP contribution is -2.39.